The Balaban J connectivity index is 1.68. The Morgan fingerprint density at radius 1 is 0.972 bits per heavy atom. The van der Waals surface area contributed by atoms with Crippen LogP contribution in [0, 0.1) is 27.7 Å². The van der Waals surface area contributed by atoms with Gasteiger partial charge in [0.15, 0.2) is 0 Å². The molecule has 2 aromatic carbocycles. The van der Waals surface area contributed by atoms with Crippen LogP contribution in [0.2, 0.25) is 0 Å². The van der Waals surface area contributed by atoms with Gasteiger partial charge in [-0.15, -0.1) is 0 Å². The topological polar surface area (TPSA) is 73.1 Å². The molecule has 5 rings (SSSR count). The van der Waals surface area contributed by atoms with Gasteiger partial charge in [0, 0.05) is 29.3 Å². The largest absolute Gasteiger partial charge is 0.494 e. The molecule has 0 unspecified atom stereocenters. The van der Waals surface area contributed by atoms with Gasteiger partial charge in [0.25, 0.3) is 5.95 Å². The van der Waals surface area contributed by atoms with Crippen molar-refractivity contribution in [2.24, 2.45) is 0 Å². The van der Waals surface area contributed by atoms with Crippen molar-refractivity contribution in [3.63, 3.8) is 0 Å². The average Bonchev–Trinajstić information content (AvgIpc) is 3.19. The smallest absolute Gasteiger partial charge is 0.252 e. The number of carbonyl (C=O) groups is 1. The van der Waals surface area contributed by atoms with Gasteiger partial charge >= 0.3 is 0 Å². The summed E-state index contributed by atoms with van der Waals surface area (Å²) >= 11 is 0. The van der Waals surface area contributed by atoms with Crippen molar-refractivity contribution in [2.45, 2.75) is 53.5 Å². The standard InChI is InChI=1S/C29H31N5O2/c1-6-36-24-13-11-22(12-14-24)25-16-26(35)33(17-23-10-8-7-9-18(23)2)28-27(25)21(5)32-34(28)29-30-19(3)15-20(4)31-29/h7-15,25H,6,16-17H2,1-5H3/t25-/m0/s1. The van der Waals surface area contributed by atoms with E-state index in [0.717, 1.165) is 50.9 Å². The van der Waals surface area contributed by atoms with Crippen LogP contribution in [0.4, 0.5) is 5.82 Å². The Morgan fingerprint density at radius 2 is 1.67 bits per heavy atom. The van der Waals surface area contributed by atoms with Crippen LogP contribution in [0.3, 0.4) is 0 Å². The number of anilines is 1. The third kappa shape index (κ3) is 4.37. The Hall–Kier alpha value is -4.00. The van der Waals surface area contributed by atoms with Gasteiger partial charge in [-0.25, -0.2) is 9.97 Å². The molecule has 0 N–H and O–H groups in total. The highest BCUT2D eigenvalue weighted by Gasteiger charge is 2.38. The number of aromatic nitrogens is 4. The first-order chi connectivity index (χ1) is 17.4. The summed E-state index contributed by atoms with van der Waals surface area (Å²) in [7, 11) is 0. The zero-order valence-electron chi connectivity index (χ0n) is 21.4. The molecule has 0 radical (unpaired) electrons. The maximum atomic E-state index is 13.8. The highest BCUT2D eigenvalue weighted by Crippen LogP contribution is 2.43. The lowest BCUT2D eigenvalue weighted by Crippen LogP contribution is -2.38. The fourth-order valence-corrected chi connectivity index (χ4v) is 5.01. The molecule has 7 nitrogen and oxygen atoms in total. The quantitative estimate of drug-likeness (QED) is 0.371. The monoisotopic (exact) mass is 481 g/mol. The molecule has 7 heteroatoms. The van der Waals surface area contributed by atoms with E-state index in [2.05, 4.69) is 29.0 Å². The first-order valence-electron chi connectivity index (χ1n) is 12.4. The summed E-state index contributed by atoms with van der Waals surface area (Å²) < 4.78 is 7.38. The molecule has 3 heterocycles. The van der Waals surface area contributed by atoms with Gasteiger partial charge in [-0.1, -0.05) is 36.4 Å². The van der Waals surface area contributed by atoms with E-state index in [0.29, 0.717) is 25.5 Å². The summed E-state index contributed by atoms with van der Waals surface area (Å²) in [6.07, 6.45) is 0.368. The number of nitrogens with zero attached hydrogens (tertiary/aromatic N) is 5. The third-order valence-electron chi connectivity index (χ3n) is 6.71. The highest BCUT2D eigenvalue weighted by molar-refractivity contribution is 5.97. The molecule has 1 aliphatic rings. The fourth-order valence-electron chi connectivity index (χ4n) is 5.01. The van der Waals surface area contributed by atoms with Crippen molar-refractivity contribution in [2.75, 3.05) is 11.5 Å². The second-order valence-electron chi connectivity index (χ2n) is 9.35. The van der Waals surface area contributed by atoms with Gasteiger partial charge in [-0.3, -0.25) is 9.69 Å². The number of hydrogen-bond acceptors (Lipinski definition) is 5. The maximum absolute atomic E-state index is 13.8. The van der Waals surface area contributed by atoms with Gasteiger partial charge in [0.05, 0.1) is 18.8 Å². The first-order valence-corrected chi connectivity index (χ1v) is 12.4. The molecular weight excluding hydrogens is 450 g/mol. The minimum atomic E-state index is -0.115. The minimum Gasteiger partial charge on any atom is -0.494 e. The molecule has 0 aliphatic carbocycles. The molecule has 1 amide bonds. The second kappa shape index (κ2) is 9.57. The van der Waals surface area contributed by atoms with Crippen molar-refractivity contribution in [1.29, 1.82) is 0 Å². The number of rotatable bonds is 6. The second-order valence-corrected chi connectivity index (χ2v) is 9.35. The minimum absolute atomic E-state index is 0.0511. The van der Waals surface area contributed by atoms with E-state index in [1.807, 2.05) is 75.1 Å². The predicted octanol–water partition coefficient (Wildman–Crippen LogP) is 5.36. The van der Waals surface area contributed by atoms with E-state index in [1.165, 1.54) is 0 Å². The number of carbonyl (C=O) groups excluding carboxylic acids is 1. The normalized spacial score (nSPS) is 15.2. The maximum Gasteiger partial charge on any atom is 0.252 e. The summed E-state index contributed by atoms with van der Waals surface area (Å²) in [5.74, 6) is 1.98. The molecule has 0 saturated carbocycles. The Labute approximate surface area is 211 Å². The summed E-state index contributed by atoms with van der Waals surface area (Å²) in [5.41, 5.74) is 6.93. The Kier molecular flexibility index (Phi) is 6.31. The van der Waals surface area contributed by atoms with Crippen LogP contribution in [0.1, 0.15) is 58.6 Å². The molecule has 184 valence electrons. The van der Waals surface area contributed by atoms with Crippen molar-refractivity contribution in [3.05, 3.63) is 93.9 Å². The lowest BCUT2D eigenvalue weighted by atomic mass is 9.85. The average molecular weight is 482 g/mol. The number of benzene rings is 2. The number of fused-ring (bicyclic) bond motifs is 1. The molecule has 0 saturated heterocycles. The molecular formula is C29H31N5O2. The third-order valence-corrected chi connectivity index (χ3v) is 6.71. The lowest BCUT2D eigenvalue weighted by molar-refractivity contribution is -0.119. The van der Waals surface area contributed by atoms with Crippen LogP contribution in [-0.2, 0) is 11.3 Å². The number of hydrogen-bond donors (Lipinski definition) is 0. The first kappa shape index (κ1) is 23.7. The number of aryl methyl sites for hydroxylation is 4. The van der Waals surface area contributed by atoms with Crippen molar-refractivity contribution >= 4 is 11.7 Å². The van der Waals surface area contributed by atoms with E-state index in [4.69, 9.17) is 9.84 Å². The fraction of sp³-hybridized carbons (Fsp3) is 0.310. The van der Waals surface area contributed by atoms with Crippen molar-refractivity contribution < 1.29 is 9.53 Å². The summed E-state index contributed by atoms with van der Waals surface area (Å²) in [5, 5.41) is 4.89. The van der Waals surface area contributed by atoms with Gasteiger partial charge in [0.2, 0.25) is 5.91 Å². The van der Waals surface area contributed by atoms with Crippen molar-refractivity contribution in [1.82, 2.24) is 19.7 Å². The van der Waals surface area contributed by atoms with Crippen LogP contribution in [-0.4, -0.2) is 32.3 Å². The van der Waals surface area contributed by atoms with Gasteiger partial charge in [-0.05, 0) is 69.5 Å². The van der Waals surface area contributed by atoms with Crippen LogP contribution in [0.5, 0.6) is 5.75 Å². The van der Waals surface area contributed by atoms with Gasteiger partial charge in [0.1, 0.15) is 11.6 Å². The molecule has 36 heavy (non-hydrogen) atoms. The van der Waals surface area contributed by atoms with Gasteiger partial charge < -0.3 is 4.74 Å². The molecule has 0 spiro atoms. The molecule has 1 aliphatic heterocycles. The van der Waals surface area contributed by atoms with E-state index < -0.39 is 0 Å². The molecule has 4 aromatic rings. The van der Waals surface area contributed by atoms with Crippen molar-refractivity contribution in [3.8, 4) is 11.7 Å². The van der Waals surface area contributed by atoms with E-state index in [-0.39, 0.29) is 11.8 Å². The van der Waals surface area contributed by atoms with E-state index >= 15 is 0 Å². The lowest BCUT2D eigenvalue weighted by Gasteiger charge is -2.33. The molecule has 0 bridgehead atoms. The van der Waals surface area contributed by atoms with Crippen LogP contribution >= 0.6 is 0 Å². The van der Waals surface area contributed by atoms with Crippen LogP contribution in [0.25, 0.3) is 5.95 Å². The number of amides is 1. The number of ether oxygens (including phenoxy) is 1. The predicted molar refractivity (Wildman–Crippen MR) is 140 cm³/mol. The summed E-state index contributed by atoms with van der Waals surface area (Å²) in [4.78, 5) is 25.0. The zero-order chi connectivity index (χ0) is 25.4. The van der Waals surface area contributed by atoms with E-state index in [9.17, 15) is 4.79 Å². The molecule has 0 fully saturated rings. The Morgan fingerprint density at radius 3 is 2.33 bits per heavy atom. The van der Waals surface area contributed by atoms with Gasteiger partial charge in [-0.2, -0.15) is 9.78 Å². The Bertz CT molecular complexity index is 1400. The summed E-state index contributed by atoms with van der Waals surface area (Å²) in [6.45, 7) is 11.0. The SMILES string of the molecule is CCOc1ccc([C@@H]2CC(=O)N(Cc3ccccc3C)c3c2c(C)nn3-c2nc(C)cc(C)n2)cc1. The summed E-state index contributed by atoms with van der Waals surface area (Å²) in [6, 6.07) is 18.1. The zero-order valence-corrected chi connectivity index (χ0v) is 21.4. The highest BCUT2D eigenvalue weighted by atomic mass is 16.5. The van der Waals surface area contributed by atoms with Crippen LogP contribution < -0.4 is 9.64 Å². The van der Waals surface area contributed by atoms with E-state index in [1.54, 1.807) is 4.68 Å². The van der Waals surface area contributed by atoms with Crippen LogP contribution in [0.15, 0.2) is 54.6 Å². The molecule has 2 aromatic heterocycles. The molecule has 1 atom stereocenters.